The van der Waals surface area contributed by atoms with Gasteiger partial charge in [-0.2, -0.15) is 8.42 Å². The molecule has 61 heavy (non-hydrogen) atoms. The first-order valence-electron chi connectivity index (χ1n) is 20.9. The minimum Gasteiger partial charge on any atom is -0.496 e. The second-order valence-electron chi connectivity index (χ2n) is 18.0. The third-order valence-corrected chi connectivity index (χ3v) is 15.1. The molecule has 5 N–H and O–H groups in total. The third kappa shape index (κ3) is 6.44. The molecule has 1 aromatic heterocycles. The number of amides is 1. The molecule has 3 fully saturated rings. The molecule has 2 saturated heterocycles. The van der Waals surface area contributed by atoms with E-state index in [2.05, 4.69) is 39.9 Å². The highest BCUT2D eigenvalue weighted by molar-refractivity contribution is 7.79. The molecule has 3 unspecified atom stereocenters. The van der Waals surface area contributed by atoms with E-state index >= 15 is 4.79 Å². The van der Waals surface area contributed by atoms with Gasteiger partial charge in [-0.25, -0.2) is 4.79 Å². The highest BCUT2D eigenvalue weighted by atomic mass is 32.3. The van der Waals surface area contributed by atoms with Crippen molar-refractivity contribution in [2.24, 2.45) is 11.3 Å². The van der Waals surface area contributed by atoms with E-state index in [1.54, 1.807) is 7.11 Å². The molecule has 2 bridgehead atoms. The van der Waals surface area contributed by atoms with Crippen LogP contribution in [0, 0.1) is 11.3 Å². The molecule has 1 spiro atoms. The van der Waals surface area contributed by atoms with Crippen molar-refractivity contribution < 1.29 is 56.3 Å². The summed E-state index contributed by atoms with van der Waals surface area (Å²) in [5.74, 6) is -0.932. The van der Waals surface area contributed by atoms with Gasteiger partial charge in [0.2, 0.25) is 6.41 Å². The average Bonchev–Trinajstić information content (AvgIpc) is 3.91. The number of aromatic amines is 1. The number of nitrogens with one attached hydrogen (secondary N) is 1. The molecule has 16 nitrogen and oxygen atoms in total. The van der Waals surface area contributed by atoms with Crippen molar-refractivity contribution in [2.45, 2.75) is 92.9 Å². The van der Waals surface area contributed by atoms with Gasteiger partial charge in [0.1, 0.15) is 11.2 Å². The Kier molecular flexibility index (Phi) is 10.8. The van der Waals surface area contributed by atoms with Gasteiger partial charge in [-0.15, -0.1) is 0 Å². The molecule has 9 atom stereocenters. The molecule has 3 aromatic rings. The topological polar surface area (TPSA) is 219 Å². The number of H-pyrrole nitrogens is 1. The van der Waals surface area contributed by atoms with Crippen LogP contribution in [-0.2, 0) is 51.5 Å². The molecule has 9 rings (SSSR count). The van der Waals surface area contributed by atoms with Crippen LogP contribution < -0.4 is 9.64 Å². The van der Waals surface area contributed by atoms with Gasteiger partial charge < -0.3 is 34.3 Å². The van der Waals surface area contributed by atoms with E-state index in [9.17, 15) is 19.8 Å². The quantitative estimate of drug-likeness (QED) is 0.0997. The number of hydrogen-bond donors (Lipinski definition) is 5. The van der Waals surface area contributed by atoms with Gasteiger partial charge in [0.25, 0.3) is 0 Å². The van der Waals surface area contributed by atoms with Crippen LogP contribution in [0.3, 0.4) is 0 Å². The standard InChI is InChI=1S/C44H54N4O8.H2O4S/c1-6-40-14-10-16-47-18-15-42(36(40)47)30-19-31(34(54-3)20-33(30)48(26-49)37(42)44(53,24-40)39(51)56-5)43(38(50)55-4)22-27-21-41(52,7-2)25-46(23-27)17-13-29-28-11-8-9-12-32(28)45-35(29)43;1-5(2,3)4/h8-12,14,19-20,26-27,36-37,45,52-53H,6-7,13,15-18,21-25H2,1-5H3;(H2,1,2,3,4)/t27?,36-,37+,40-,41-,42?,43-,44+;/m1./s1. The Morgan fingerprint density at radius 1 is 0.967 bits per heavy atom. The zero-order chi connectivity index (χ0) is 43.9. The van der Waals surface area contributed by atoms with Crippen LogP contribution in [-0.4, -0.2) is 138 Å². The minimum absolute atomic E-state index is 0.0959. The molecular formula is C44H56N4O12S. The number of esters is 2. The number of benzene rings is 2. The second-order valence-corrected chi connectivity index (χ2v) is 18.9. The van der Waals surface area contributed by atoms with Crippen molar-refractivity contribution >= 4 is 45.3 Å². The van der Waals surface area contributed by atoms with E-state index in [0.29, 0.717) is 88.2 Å². The molecule has 0 radical (unpaired) electrons. The molecule has 6 heterocycles. The monoisotopic (exact) mass is 864 g/mol. The van der Waals surface area contributed by atoms with E-state index in [-0.39, 0.29) is 18.4 Å². The van der Waals surface area contributed by atoms with Crippen molar-refractivity contribution in [2.75, 3.05) is 59.0 Å². The molecule has 5 aliphatic heterocycles. The lowest BCUT2D eigenvalue weighted by atomic mass is 9.49. The number of hydrogen-bond acceptors (Lipinski definition) is 12. The van der Waals surface area contributed by atoms with Gasteiger partial charge in [0.05, 0.1) is 38.7 Å². The number of carbonyl (C=O) groups excluding carboxylic acids is 3. The van der Waals surface area contributed by atoms with E-state index in [1.807, 2.05) is 37.3 Å². The van der Waals surface area contributed by atoms with Gasteiger partial charge in [0, 0.05) is 71.3 Å². The Balaban J connectivity index is 0.000000973. The Morgan fingerprint density at radius 3 is 2.34 bits per heavy atom. The molecule has 6 aliphatic rings. The maximum Gasteiger partial charge on any atom is 0.394 e. The third-order valence-electron chi connectivity index (χ3n) is 15.1. The lowest BCUT2D eigenvalue weighted by Crippen LogP contribution is -2.74. The first kappa shape index (κ1) is 43.3. The fourth-order valence-electron chi connectivity index (χ4n) is 13.0. The Bertz CT molecular complexity index is 2400. The first-order valence-corrected chi connectivity index (χ1v) is 22.3. The van der Waals surface area contributed by atoms with Crippen molar-refractivity contribution in [1.82, 2.24) is 14.8 Å². The summed E-state index contributed by atoms with van der Waals surface area (Å²) in [5.41, 5.74) is -1.32. The van der Waals surface area contributed by atoms with Crippen molar-refractivity contribution in [1.29, 1.82) is 0 Å². The Hall–Kier alpha value is -4.36. The largest absolute Gasteiger partial charge is 0.496 e. The fraction of sp³-hybridized carbons (Fsp3) is 0.568. The minimum atomic E-state index is -4.67. The lowest BCUT2D eigenvalue weighted by Gasteiger charge is -2.60. The van der Waals surface area contributed by atoms with E-state index in [1.165, 1.54) is 19.1 Å². The first-order chi connectivity index (χ1) is 28.9. The summed E-state index contributed by atoms with van der Waals surface area (Å²) >= 11 is 0. The summed E-state index contributed by atoms with van der Waals surface area (Å²) in [5, 5.41) is 25.8. The van der Waals surface area contributed by atoms with E-state index in [4.69, 9.17) is 31.7 Å². The van der Waals surface area contributed by atoms with Crippen LogP contribution in [0.4, 0.5) is 5.69 Å². The number of carbonyl (C=O) groups is 3. The molecule has 17 heteroatoms. The predicted molar refractivity (Wildman–Crippen MR) is 224 cm³/mol. The maximum atomic E-state index is 15.2. The fourth-order valence-corrected chi connectivity index (χ4v) is 13.0. The van der Waals surface area contributed by atoms with Crippen LogP contribution in [0.25, 0.3) is 10.9 Å². The summed E-state index contributed by atoms with van der Waals surface area (Å²) in [4.78, 5) is 52.8. The molecule has 330 valence electrons. The average molecular weight is 865 g/mol. The van der Waals surface area contributed by atoms with Crippen LogP contribution in [0.2, 0.25) is 0 Å². The van der Waals surface area contributed by atoms with Crippen molar-refractivity contribution in [3.05, 3.63) is 70.9 Å². The molecule has 1 aliphatic carbocycles. The number of nitrogens with zero attached hydrogens (tertiary/aromatic N) is 3. The number of aromatic nitrogens is 1. The number of rotatable bonds is 7. The van der Waals surface area contributed by atoms with Crippen LogP contribution in [0.5, 0.6) is 5.75 Å². The van der Waals surface area contributed by atoms with Gasteiger partial charge in [-0.05, 0) is 80.7 Å². The number of piperidine rings is 1. The van der Waals surface area contributed by atoms with Crippen LogP contribution >= 0.6 is 0 Å². The van der Waals surface area contributed by atoms with E-state index in [0.717, 1.165) is 34.1 Å². The highest BCUT2D eigenvalue weighted by Crippen LogP contribution is 2.67. The van der Waals surface area contributed by atoms with Gasteiger partial charge in [-0.1, -0.05) is 44.2 Å². The number of para-hydroxylation sites is 1. The smallest absolute Gasteiger partial charge is 0.394 e. The summed E-state index contributed by atoms with van der Waals surface area (Å²) < 4.78 is 49.2. The highest BCUT2D eigenvalue weighted by Gasteiger charge is 2.76. The predicted octanol–water partition coefficient (Wildman–Crippen LogP) is 3.32. The van der Waals surface area contributed by atoms with Crippen molar-refractivity contribution in [3.63, 3.8) is 0 Å². The second kappa shape index (κ2) is 15.2. The van der Waals surface area contributed by atoms with E-state index < -0.39 is 55.8 Å². The Labute approximate surface area is 355 Å². The zero-order valence-electron chi connectivity index (χ0n) is 35.2. The zero-order valence-corrected chi connectivity index (χ0v) is 36.0. The lowest BCUT2D eigenvalue weighted by molar-refractivity contribution is -0.181. The summed E-state index contributed by atoms with van der Waals surface area (Å²) in [7, 11) is -0.393. The van der Waals surface area contributed by atoms with Crippen LogP contribution in [0.1, 0.15) is 74.8 Å². The van der Waals surface area contributed by atoms with Crippen molar-refractivity contribution in [3.8, 4) is 5.75 Å². The number of ether oxygens (including phenoxy) is 3. The summed E-state index contributed by atoms with van der Waals surface area (Å²) in [6.07, 6.45) is 8.41. The molecule has 1 amide bonds. The number of aliphatic hydroxyl groups is 2. The maximum absolute atomic E-state index is 15.2. The molecule has 2 aromatic carbocycles. The summed E-state index contributed by atoms with van der Waals surface area (Å²) in [6.45, 7) is 7.49. The SMILES string of the molecule is CC[C@@]1(O)CC2CN(CCc3c([nH]c4ccccc34)[C@](C(=O)OC)(c3cc4c(cc3OC)N(C=O)[C@H]3C45CCN4CC=C[C@](CC)(C[C@@]3(O)C(=O)OC)[C@@H]45)C2)C1.O=S(=O)(O)O. The van der Waals surface area contributed by atoms with Crippen LogP contribution in [0.15, 0.2) is 48.6 Å². The van der Waals surface area contributed by atoms with Gasteiger partial charge in [0.15, 0.2) is 5.60 Å². The Morgan fingerprint density at radius 2 is 1.69 bits per heavy atom. The molecular weight excluding hydrogens is 809 g/mol. The number of fused-ring (bicyclic) bond motifs is 6. The normalized spacial score (nSPS) is 34.9. The van der Waals surface area contributed by atoms with Gasteiger partial charge >= 0.3 is 22.3 Å². The molecule has 1 saturated carbocycles. The number of methoxy groups -OCH3 is 3. The summed E-state index contributed by atoms with van der Waals surface area (Å²) in [6, 6.07) is 10.9. The number of anilines is 1. The van der Waals surface area contributed by atoms with Gasteiger partial charge in [-0.3, -0.25) is 28.5 Å².